The Morgan fingerprint density at radius 1 is 1.10 bits per heavy atom. The van der Waals surface area contributed by atoms with Crippen molar-refractivity contribution < 1.29 is 4.42 Å². The Morgan fingerprint density at radius 3 is 2.43 bits per heavy atom. The SMILES string of the molecule is CC(C)(C)N1CCC(c2ccc3ccc(=O)oc3c2)CC1. The van der Waals surface area contributed by atoms with Crippen LogP contribution in [0.15, 0.2) is 39.5 Å². The van der Waals surface area contributed by atoms with E-state index < -0.39 is 0 Å². The molecule has 1 aromatic heterocycles. The molecule has 0 saturated carbocycles. The van der Waals surface area contributed by atoms with Crippen LogP contribution in [0, 0.1) is 0 Å². The highest BCUT2D eigenvalue weighted by atomic mass is 16.4. The largest absolute Gasteiger partial charge is 0.423 e. The molecule has 0 N–H and O–H groups in total. The van der Waals surface area contributed by atoms with Crippen molar-refractivity contribution >= 4 is 11.0 Å². The van der Waals surface area contributed by atoms with Gasteiger partial charge in [-0.1, -0.05) is 12.1 Å². The quantitative estimate of drug-likeness (QED) is 0.748. The van der Waals surface area contributed by atoms with E-state index in [0.29, 0.717) is 11.5 Å². The lowest BCUT2D eigenvalue weighted by molar-refractivity contribution is 0.102. The Morgan fingerprint density at radius 2 is 1.76 bits per heavy atom. The summed E-state index contributed by atoms with van der Waals surface area (Å²) < 4.78 is 5.30. The zero-order chi connectivity index (χ0) is 15.0. The molecule has 1 aliphatic heterocycles. The number of nitrogens with zero attached hydrogens (tertiary/aromatic N) is 1. The molecule has 0 bridgehead atoms. The van der Waals surface area contributed by atoms with Gasteiger partial charge in [-0.05, 0) is 70.3 Å². The first kappa shape index (κ1) is 14.3. The van der Waals surface area contributed by atoms with E-state index in [1.54, 1.807) is 0 Å². The van der Waals surface area contributed by atoms with Crippen molar-refractivity contribution in [2.24, 2.45) is 0 Å². The first-order valence-electron chi connectivity index (χ1n) is 7.72. The molecule has 3 heteroatoms. The zero-order valence-corrected chi connectivity index (χ0v) is 13.1. The topological polar surface area (TPSA) is 33.5 Å². The summed E-state index contributed by atoms with van der Waals surface area (Å²) in [5.41, 5.74) is 1.98. The third-order valence-corrected chi connectivity index (χ3v) is 4.56. The zero-order valence-electron chi connectivity index (χ0n) is 13.1. The average Bonchev–Trinajstić information content (AvgIpc) is 2.45. The molecule has 3 nitrogen and oxygen atoms in total. The van der Waals surface area contributed by atoms with Crippen molar-refractivity contribution in [2.75, 3.05) is 13.1 Å². The van der Waals surface area contributed by atoms with Crippen LogP contribution in [0.5, 0.6) is 0 Å². The number of hydrogen-bond donors (Lipinski definition) is 0. The second-order valence-corrected chi connectivity index (χ2v) is 6.98. The molecule has 1 aliphatic rings. The summed E-state index contributed by atoms with van der Waals surface area (Å²) in [5.74, 6) is 0.568. The summed E-state index contributed by atoms with van der Waals surface area (Å²) in [5, 5.41) is 0.991. The molecule has 0 unspecified atom stereocenters. The van der Waals surface area contributed by atoms with Crippen molar-refractivity contribution in [1.29, 1.82) is 0 Å². The molecular formula is C18H23NO2. The van der Waals surface area contributed by atoms with Crippen molar-refractivity contribution in [2.45, 2.75) is 45.1 Å². The predicted molar refractivity (Wildman–Crippen MR) is 85.8 cm³/mol. The standard InChI is InChI=1S/C18H23NO2/c1-18(2,3)19-10-8-13(9-11-19)15-5-4-14-6-7-17(20)21-16(14)12-15/h4-7,12-13H,8-11H2,1-3H3. The van der Waals surface area contributed by atoms with Crippen molar-refractivity contribution in [3.05, 3.63) is 46.3 Å². The monoisotopic (exact) mass is 285 g/mol. The van der Waals surface area contributed by atoms with E-state index in [0.717, 1.165) is 18.5 Å². The predicted octanol–water partition coefficient (Wildman–Crippen LogP) is 3.77. The maximum Gasteiger partial charge on any atom is 0.336 e. The molecule has 0 amide bonds. The van der Waals surface area contributed by atoms with Crippen LogP contribution in [-0.2, 0) is 0 Å². The molecule has 0 radical (unpaired) electrons. The molecule has 2 heterocycles. The van der Waals surface area contributed by atoms with Gasteiger partial charge in [-0.3, -0.25) is 4.90 Å². The summed E-state index contributed by atoms with van der Waals surface area (Å²) in [4.78, 5) is 13.9. The summed E-state index contributed by atoms with van der Waals surface area (Å²) in [7, 11) is 0. The molecule has 0 spiro atoms. The summed E-state index contributed by atoms with van der Waals surface area (Å²) in [6.07, 6.45) is 2.33. The van der Waals surface area contributed by atoms with Gasteiger partial charge in [0.1, 0.15) is 5.58 Å². The summed E-state index contributed by atoms with van der Waals surface area (Å²) in [6, 6.07) is 9.59. The third kappa shape index (κ3) is 3.03. The van der Waals surface area contributed by atoms with E-state index in [4.69, 9.17) is 4.42 Å². The van der Waals surface area contributed by atoms with Crippen LogP contribution in [0.4, 0.5) is 0 Å². The van der Waals surface area contributed by atoms with Gasteiger partial charge in [-0.15, -0.1) is 0 Å². The lowest BCUT2D eigenvalue weighted by Crippen LogP contribution is -2.45. The van der Waals surface area contributed by atoms with Crippen LogP contribution in [0.2, 0.25) is 0 Å². The molecule has 3 rings (SSSR count). The first-order chi connectivity index (χ1) is 9.93. The Labute approximate surface area is 125 Å². The van der Waals surface area contributed by atoms with E-state index in [1.807, 2.05) is 12.1 Å². The van der Waals surface area contributed by atoms with Crippen LogP contribution in [-0.4, -0.2) is 23.5 Å². The van der Waals surface area contributed by atoms with Crippen molar-refractivity contribution in [3.8, 4) is 0 Å². The van der Waals surface area contributed by atoms with Gasteiger partial charge in [0.05, 0.1) is 0 Å². The molecule has 112 valence electrons. The van der Waals surface area contributed by atoms with Crippen LogP contribution in [0.1, 0.15) is 45.1 Å². The van der Waals surface area contributed by atoms with Gasteiger partial charge in [0.25, 0.3) is 0 Å². The Kier molecular flexibility index (Phi) is 3.62. The number of piperidine rings is 1. The van der Waals surface area contributed by atoms with Crippen LogP contribution >= 0.6 is 0 Å². The second kappa shape index (κ2) is 5.30. The fraction of sp³-hybridized carbons (Fsp3) is 0.500. The Bertz CT molecular complexity index is 688. The highest BCUT2D eigenvalue weighted by molar-refractivity contribution is 5.77. The molecular weight excluding hydrogens is 262 g/mol. The lowest BCUT2D eigenvalue weighted by atomic mass is 9.87. The first-order valence-corrected chi connectivity index (χ1v) is 7.72. The van der Waals surface area contributed by atoms with Crippen LogP contribution in [0.25, 0.3) is 11.0 Å². The smallest absolute Gasteiger partial charge is 0.336 e. The van der Waals surface area contributed by atoms with Crippen LogP contribution < -0.4 is 5.63 Å². The molecule has 1 aromatic carbocycles. The van der Waals surface area contributed by atoms with E-state index >= 15 is 0 Å². The van der Waals surface area contributed by atoms with Gasteiger partial charge in [0.2, 0.25) is 0 Å². The van der Waals surface area contributed by atoms with Crippen LogP contribution in [0.3, 0.4) is 0 Å². The number of fused-ring (bicyclic) bond motifs is 1. The summed E-state index contributed by atoms with van der Waals surface area (Å²) >= 11 is 0. The molecule has 1 fully saturated rings. The minimum atomic E-state index is -0.276. The fourth-order valence-electron chi connectivity index (χ4n) is 3.21. The van der Waals surface area contributed by atoms with Gasteiger partial charge in [-0.25, -0.2) is 4.79 Å². The minimum Gasteiger partial charge on any atom is -0.423 e. The van der Waals surface area contributed by atoms with Crippen molar-refractivity contribution in [1.82, 2.24) is 4.90 Å². The average molecular weight is 285 g/mol. The molecule has 0 aliphatic carbocycles. The molecule has 21 heavy (non-hydrogen) atoms. The number of hydrogen-bond acceptors (Lipinski definition) is 3. The highest BCUT2D eigenvalue weighted by Crippen LogP contribution is 2.32. The minimum absolute atomic E-state index is 0.251. The van der Waals surface area contributed by atoms with Gasteiger partial charge >= 0.3 is 5.63 Å². The van der Waals surface area contributed by atoms with Crippen molar-refractivity contribution in [3.63, 3.8) is 0 Å². The van der Waals surface area contributed by atoms with E-state index in [-0.39, 0.29) is 11.2 Å². The molecule has 0 atom stereocenters. The normalized spacial score (nSPS) is 18.2. The van der Waals surface area contributed by atoms with Gasteiger partial charge in [-0.2, -0.15) is 0 Å². The maximum atomic E-state index is 11.4. The third-order valence-electron chi connectivity index (χ3n) is 4.56. The van der Waals surface area contributed by atoms with E-state index in [2.05, 4.69) is 37.8 Å². The van der Waals surface area contributed by atoms with E-state index in [9.17, 15) is 4.79 Å². The van der Waals surface area contributed by atoms with Gasteiger partial charge in [0.15, 0.2) is 0 Å². The summed E-state index contributed by atoms with van der Waals surface area (Å²) in [6.45, 7) is 9.09. The lowest BCUT2D eigenvalue weighted by Gasteiger charge is -2.41. The fourth-order valence-corrected chi connectivity index (χ4v) is 3.21. The van der Waals surface area contributed by atoms with E-state index in [1.165, 1.54) is 24.5 Å². The Hall–Kier alpha value is -1.61. The molecule has 2 aromatic rings. The van der Waals surface area contributed by atoms with Gasteiger partial charge in [0, 0.05) is 17.0 Å². The second-order valence-electron chi connectivity index (χ2n) is 6.98. The number of rotatable bonds is 1. The highest BCUT2D eigenvalue weighted by Gasteiger charge is 2.27. The number of likely N-dealkylation sites (tertiary alicyclic amines) is 1. The molecule has 1 saturated heterocycles. The van der Waals surface area contributed by atoms with Gasteiger partial charge < -0.3 is 4.42 Å². The number of benzene rings is 1. The Balaban J connectivity index is 1.81. The maximum absolute atomic E-state index is 11.4.